The van der Waals surface area contributed by atoms with Gasteiger partial charge in [-0.3, -0.25) is 14.4 Å². The van der Waals surface area contributed by atoms with E-state index < -0.39 is 12.1 Å². The van der Waals surface area contributed by atoms with Gasteiger partial charge in [0.15, 0.2) is 0 Å². The van der Waals surface area contributed by atoms with Crippen LogP contribution in [-0.2, 0) is 14.4 Å². The van der Waals surface area contributed by atoms with Gasteiger partial charge in [0.2, 0.25) is 17.7 Å². The van der Waals surface area contributed by atoms with E-state index >= 15 is 0 Å². The number of nitrogens with one attached hydrogen (secondary N) is 2. The fraction of sp³-hybridized carbons (Fsp3) is 0.609. The van der Waals surface area contributed by atoms with E-state index in [1.165, 1.54) is 24.3 Å². The number of anilines is 1. The molecule has 2 atom stereocenters. The number of amides is 3. The van der Waals surface area contributed by atoms with E-state index in [1.807, 2.05) is 27.7 Å². The van der Waals surface area contributed by atoms with Crippen molar-refractivity contribution >= 4 is 23.4 Å². The first-order valence-corrected chi connectivity index (χ1v) is 11.0. The molecule has 172 valence electrons. The molecule has 2 rings (SSSR count). The molecule has 1 fully saturated rings. The summed E-state index contributed by atoms with van der Waals surface area (Å²) in [6.07, 6.45) is 1.71. The zero-order valence-electron chi connectivity index (χ0n) is 18.9. The monoisotopic (exact) mass is 434 g/mol. The van der Waals surface area contributed by atoms with Gasteiger partial charge in [0, 0.05) is 24.7 Å². The van der Waals surface area contributed by atoms with Gasteiger partial charge in [0.1, 0.15) is 11.9 Å². The number of halogens is 1. The van der Waals surface area contributed by atoms with Crippen LogP contribution in [-0.4, -0.2) is 47.8 Å². The molecule has 0 bridgehead atoms. The van der Waals surface area contributed by atoms with Crippen molar-refractivity contribution in [3.63, 3.8) is 0 Å². The molecule has 1 aromatic carbocycles. The lowest BCUT2D eigenvalue weighted by molar-refractivity contribution is -0.137. The zero-order chi connectivity index (χ0) is 23.1. The number of piperidine rings is 1. The van der Waals surface area contributed by atoms with Crippen LogP contribution in [0.1, 0.15) is 47.0 Å². The van der Waals surface area contributed by atoms with Crippen LogP contribution in [0.5, 0.6) is 0 Å². The number of likely N-dealkylation sites (tertiary alicyclic amines) is 1. The number of nitrogens with two attached hydrogens (primary N) is 1. The van der Waals surface area contributed by atoms with Crippen LogP contribution in [0.25, 0.3) is 0 Å². The van der Waals surface area contributed by atoms with Crippen LogP contribution in [0.3, 0.4) is 0 Å². The Kier molecular flexibility index (Phi) is 8.98. The second-order valence-corrected chi connectivity index (χ2v) is 9.06. The third-order valence-electron chi connectivity index (χ3n) is 5.58. The van der Waals surface area contributed by atoms with Crippen molar-refractivity contribution < 1.29 is 18.8 Å². The average Bonchev–Trinajstić information content (AvgIpc) is 2.72. The minimum atomic E-state index is -0.711. The summed E-state index contributed by atoms with van der Waals surface area (Å²) in [4.78, 5) is 39.7. The molecule has 1 aliphatic rings. The standard InChI is InChI=1S/C23H35FN4O3/c1-14(2)13-19(25)23(31)28-11-9-16(10-12-28)21(29)27-20(15(3)4)22(30)26-18-7-5-17(24)6-8-18/h5-8,14-16,19-20H,9-13,25H2,1-4H3,(H,26,30)(H,27,29)/t19-,20-/m0/s1. The lowest BCUT2D eigenvalue weighted by atomic mass is 9.93. The molecule has 0 unspecified atom stereocenters. The van der Waals surface area contributed by atoms with Gasteiger partial charge >= 0.3 is 0 Å². The van der Waals surface area contributed by atoms with E-state index in [-0.39, 0.29) is 35.4 Å². The molecule has 1 aromatic rings. The van der Waals surface area contributed by atoms with E-state index in [4.69, 9.17) is 5.73 Å². The fourth-order valence-corrected chi connectivity index (χ4v) is 3.76. The number of carbonyl (C=O) groups is 3. The summed E-state index contributed by atoms with van der Waals surface area (Å²) in [5.74, 6) is -1.02. The number of rotatable bonds is 8. The number of carbonyl (C=O) groups excluding carboxylic acids is 3. The molecule has 0 saturated carbocycles. The second kappa shape index (κ2) is 11.2. The number of benzene rings is 1. The van der Waals surface area contributed by atoms with Crippen molar-refractivity contribution in [1.29, 1.82) is 0 Å². The van der Waals surface area contributed by atoms with Gasteiger partial charge in [0.25, 0.3) is 0 Å². The minimum Gasteiger partial charge on any atom is -0.344 e. The Morgan fingerprint density at radius 3 is 2.19 bits per heavy atom. The molecule has 8 heteroatoms. The number of hydrogen-bond donors (Lipinski definition) is 3. The van der Waals surface area contributed by atoms with Crippen LogP contribution in [0, 0.1) is 23.6 Å². The maximum atomic E-state index is 13.1. The van der Waals surface area contributed by atoms with E-state index in [0.717, 1.165) is 0 Å². The van der Waals surface area contributed by atoms with Crippen molar-refractivity contribution in [1.82, 2.24) is 10.2 Å². The van der Waals surface area contributed by atoms with E-state index in [1.54, 1.807) is 4.90 Å². The van der Waals surface area contributed by atoms with E-state index in [2.05, 4.69) is 10.6 Å². The van der Waals surface area contributed by atoms with E-state index in [0.29, 0.717) is 44.0 Å². The summed E-state index contributed by atoms with van der Waals surface area (Å²) in [6, 6.07) is 4.26. The molecule has 0 radical (unpaired) electrons. The van der Waals surface area contributed by atoms with Gasteiger partial charge < -0.3 is 21.3 Å². The Labute approximate surface area is 183 Å². The highest BCUT2D eigenvalue weighted by molar-refractivity contribution is 5.97. The topological polar surface area (TPSA) is 105 Å². The highest BCUT2D eigenvalue weighted by Gasteiger charge is 2.32. The molecular weight excluding hydrogens is 399 g/mol. The van der Waals surface area contributed by atoms with Crippen LogP contribution < -0.4 is 16.4 Å². The van der Waals surface area contributed by atoms with Gasteiger partial charge in [0.05, 0.1) is 6.04 Å². The normalized spacial score (nSPS) is 16.8. The first-order chi connectivity index (χ1) is 14.6. The summed E-state index contributed by atoms with van der Waals surface area (Å²) < 4.78 is 13.1. The Balaban J connectivity index is 1.89. The van der Waals surface area contributed by atoms with Crippen molar-refractivity contribution in [2.24, 2.45) is 23.5 Å². The van der Waals surface area contributed by atoms with Gasteiger partial charge in [-0.1, -0.05) is 27.7 Å². The lowest BCUT2D eigenvalue weighted by Gasteiger charge is -2.34. The quantitative estimate of drug-likeness (QED) is 0.585. The summed E-state index contributed by atoms with van der Waals surface area (Å²) in [5, 5.41) is 5.58. The van der Waals surface area contributed by atoms with Gasteiger partial charge in [-0.2, -0.15) is 0 Å². The van der Waals surface area contributed by atoms with Crippen LogP contribution in [0.2, 0.25) is 0 Å². The molecule has 7 nitrogen and oxygen atoms in total. The molecule has 0 aromatic heterocycles. The van der Waals surface area contributed by atoms with Crippen molar-refractivity contribution in [2.75, 3.05) is 18.4 Å². The number of hydrogen-bond acceptors (Lipinski definition) is 4. The van der Waals surface area contributed by atoms with Crippen LogP contribution in [0.4, 0.5) is 10.1 Å². The SMILES string of the molecule is CC(C)C[C@H](N)C(=O)N1CCC(C(=O)N[C@H](C(=O)Nc2ccc(F)cc2)C(C)C)CC1. The first kappa shape index (κ1) is 24.8. The molecule has 0 spiro atoms. The zero-order valence-corrected chi connectivity index (χ0v) is 18.9. The van der Waals surface area contributed by atoms with Gasteiger partial charge in [-0.25, -0.2) is 4.39 Å². The van der Waals surface area contributed by atoms with Crippen molar-refractivity contribution in [3.8, 4) is 0 Å². The molecule has 1 aliphatic heterocycles. The Hall–Kier alpha value is -2.48. The summed E-state index contributed by atoms with van der Waals surface area (Å²) >= 11 is 0. The molecule has 0 aliphatic carbocycles. The second-order valence-electron chi connectivity index (χ2n) is 9.06. The summed E-state index contributed by atoms with van der Waals surface area (Å²) in [6.45, 7) is 8.73. The molecular formula is C23H35FN4O3. The third kappa shape index (κ3) is 7.31. The largest absolute Gasteiger partial charge is 0.344 e. The minimum absolute atomic E-state index is 0.0636. The molecule has 1 heterocycles. The smallest absolute Gasteiger partial charge is 0.247 e. The van der Waals surface area contributed by atoms with Crippen molar-refractivity contribution in [3.05, 3.63) is 30.1 Å². The number of nitrogens with zero attached hydrogens (tertiary/aromatic N) is 1. The predicted octanol–water partition coefficient (Wildman–Crippen LogP) is 2.52. The van der Waals surface area contributed by atoms with E-state index in [9.17, 15) is 18.8 Å². The summed E-state index contributed by atoms with van der Waals surface area (Å²) in [7, 11) is 0. The van der Waals surface area contributed by atoms with Crippen LogP contribution >= 0.6 is 0 Å². The molecule has 1 saturated heterocycles. The highest BCUT2D eigenvalue weighted by atomic mass is 19.1. The molecule has 4 N–H and O–H groups in total. The maximum absolute atomic E-state index is 13.1. The molecule has 31 heavy (non-hydrogen) atoms. The van der Waals surface area contributed by atoms with Gasteiger partial charge in [-0.15, -0.1) is 0 Å². The van der Waals surface area contributed by atoms with Crippen LogP contribution in [0.15, 0.2) is 24.3 Å². The Morgan fingerprint density at radius 1 is 1.10 bits per heavy atom. The fourth-order valence-electron chi connectivity index (χ4n) is 3.76. The van der Waals surface area contributed by atoms with Crippen molar-refractivity contribution in [2.45, 2.75) is 59.0 Å². The molecule has 3 amide bonds. The Bertz CT molecular complexity index is 759. The van der Waals surface area contributed by atoms with Gasteiger partial charge in [-0.05, 0) is 55.4 Å². The third-order valence-corrected chi connectivity index (χ3v) is 5.58. The maximum Gasteiger partial charge on any atom is 0.247 e. The summed E-state index contributed by atoms with van der Waals surface area (Å²) in [5.41, 5.74) is 6.48. The highest BCUT2D eigenvalue weighted by Crippen LogP contribution is 2.20. The first-order valence-electron chi connectivity index (χ1n) is 11.0. The lowest BCUT2D eigenvalue weighted by Crippen LogP contribution is -2.52. The average molecular weight is 435 g/mol. The Morgan fingerprint density at radius 2 is 1.68 bits per heavy atom. The predicted molar refractivity (Wildman–Crippen MR) is 119 cm³/mol.